The molecule has 1 aromatic rings. The van der Waals surface area contributed by atoms with Crippen LogP contribution >= 0.6 is 0 Å². The van der Waals surface area contributed by atoms with Crippen molar-refractivity contribution in [2.45, 2.75) is 57.7 Å². The second-order valence-corrected chi connectivity index (χ2v) is 7.58. The number of hydrazine groups is 1. The molecule has 3 N–H and O–H groups in total. The Labute approximate surface area is 155 Å². The molecule has 2 unspecified atom stereocenters. The number of para-hydroxylation sites is 1. The number of likely N-dealkylation sites (N-methyl/N-ethyl adjacent to an activating group) is 1. The van der Waals surface area contributed by atoms with Gasteiger partial charge in [-0.3, -0.25) is 4.79 Å². The summed E-state index contributed by atoms with van der Waals surface area (Å²) in [6.45, 7) is 6.04. The van der Waals surface area contributed by atoms with E-state index in [0.29, 0.717) is 6.54 Å². The minimum absolute atomic E-state index is 0.0516. The molecule has 0 bridgehead atoms. The van der Waals surface area contributed by atoms with Crippen molar-refractivity contribution >= 4 is 17.7 Å². The normalized spacial score (nSPS) is 21.1. The molecule has 2 atom stereocenters. The molecule has 1 heterocycles. The van der Waals surface area contributed by atoms with Gasteiger partial charge >= 0.3 is 6.09 Å². The van der Waals surface area contributed by atoms with Crippen LogP contribution in [0.3, 0.4) is 0 Å². The van der Waals surface area contributed by atoms with Gasteiger partial charge < -0.3 is 15.8 Å². The van der Waals surface area contributed by atoms with Gasteiger partial charge in [-0.05, 0) is 52.2 Å². The van der Waals surface area contributed by atoms with E-state index in [4.69, 9.17) is 10.5 Å². The van der Waals surface area contributed by atoms with Crippen LogP contribution in [0.1, 0.15) is 40.0 Å². The monoisotopic (exact) mass is 362 g/mol. The molecular formula is C19H30N4O3. The smallest absolute Gasteiger partial charge is 0.407 e. The van der Waals surface area contributed by atoms with E-state index in [1.807, 2.05) is 63.2 Å². The molecule has 144 valence electrons. The Balaban J connectivity index is 1.79. The highest BCUT2D eigenvalue weighted by Gasteiger charge is 2.42. The predicted molar refractivity (Wildman–Crippen MR) is 102 cm³/mol. The van der Waals surface area contributed by atoms with Crippen LogP contribution in [0.25, 0.3) is 0 Å². The highest BCUT2D eigenvalue weighted by atomic mass is 16.6. The van der Waals surface area contributed by atoms with Crippen molar-refractivity contribution in [3.63, 3.8) is 0 Å². The fraction of sp³-hybridized carbons (Fsp3) is 0.579. The molecule has 1 saturated heterocycles. The summed E-state index contributed by atoms with van der Waals surface area (Å²) in [5, 5.41) is 6.31. The fourth-order valence-electron chi connectivity index (χ4n) is 3.07. The number of nitrogens with one attached hydrogen (secondary N) is 1. The van der Waals surface area contributed by atoms with E-state index in [2.05, 4.69) is 5.32 Å². The first-order valence-electron chi connectivity index (χ1n) is 9.05. The molecule has 0 radical (unpaired) electrons. The zero-order valence-corrected chi connectivity index (χ0v) is 16.1. The lowest BCUT2D eigenvalue weighted by molar-refractivity contribution is -0.118. The molecule has 0 aromatic heterocycles. The largest absolute Gasteiger partial charge is 0.444 e. The summed E-state index contributed by atoms with van der Waals surface area (Å²) in [6.07, 6.45) is 2.03. The number of anilines is 1. The van der Waals surface area contributed by atoms with Crippen LogP contribution < -0.4 is 16.1 Å². The molecule has 1 aromatic carbocycles. The van der Waals surface area contributed by atoms with E-state index in [9.17, 15) is 9.59 Å². The number of carbonyl (C=O) groups is 2. The van der Waals surface area contributed by atoms with E-state index in [1.54, 1.807) is 5.01 Å². The van der Waals surface area contributed by atoms with E-state index in [0.717, 1.165) is 24.9 Å². The number of amides is 2. The molecule has 1 aliphatic heterocycles. The summed E-state index contributed by atoms with van der Waals surface area (Å²) in [5.74, 6) is -0.0874. The quantitative estimate of drug-likeness (QED) is 0.758. The van der Waals surface area contributed by atoms with E-state index in [1.165, 1.54) is 0 Å². The third kappa shape index (κ3) is 5.19. The standard InChI is InChI=1S/C19H30N4O3/c1-19(2,3)26-18(25)21-13-9-8-12-15-16(20)17(24)23(22(15)4)14-10-6-5-7-11-14/h5-7,10-11,15-16H,8-9,12-13,20H2,1-4H3,(H,21,25). The Morgan fingerprint density at radius 2 is 1.88 bits per heavy atom. The van der Waals surface area contributed by atoms with E-state index >= 15 is 0 Å². The van der Waals surface area contributed by atoms with Crippen molar-refractivity contribution in [2.75, 3.05) is 18.6 Å². The molecule has 1 aliphatic rings. The molecule has 7 nitrogen and oxygen atoms in total. The number of benzene rings is 1. The Morgan fingerprint density at radius 1 is 1.23 bits per heavy atom. The van der Waals surface area contributed by atoms with Crippen molar-refractivity contribution in [3.05, 3.63) is 30.3 Å². The second kappa shape index (κ2) is 8.51. The van der Waals surface area contributed by atoms with Crippen LogP contribution in [0.2, 0.25) is 0 Å². The van der Waals surface area contributed by atoms with Crippen molar-refractivity contribution in [1.82, 2.24) is 10.3 Å². The van der Waals surface area contributed by atoms with Crippen LogP contribution in [0.4, 0.5) is 10.5 Å². The number of carbonyl (C=O) groups excluding carboxylic acids is 2. The first kappa shape index (κ1) is 20.2. The Bertz CT molecular complexity index is 615. The van der Waals surface area contributed by atoms with Gasteiger partial charge in [0.2, 0.25) is 0 Å². The van der Waals surface area contributed by atoms with Crippen LogP contribution in [0, 0.1) is 0 Å². The van der Waals surface area contributed by atoms with Gasteiger partial charge in [-0.1, -0.05) is 18.2 Å². The van der Waals surface area contributed by atoms with Crippen molar-refractivity contribution in [2.24, 2.45) is 5.73 Å². The van der Waals surface area contributed by atoms with Crippen LogP contribution in [-0.4, -0.2) is 48.3 Å². The maximum absolute atomic E-state index is 12.5. The maximum Gasteiger partial charge on any atom is 0.407 e. The van der Waals surface area contributed by atoms with Gasteiger partial charge in [0.25, 0.3) is 5.91 Å². The second-order valence-electron chi connectivity index (χ2n) is 7.58. The first-order chi connectivity index (χ1) is 12.2. The van der Waals surface area contributed by atoms with Gasteiger partial charge in [0.15, 0.2) is 0 Å². The molecule has 2 rings (SSSR count). The lowest BCUT2D eigenvalue weighted by Crippen LogP contribution is -2.40. The minimum Gasteiger partial charge on any atom is -0.444 e. The summed E-state index contributed by atoms with van der Waals surface area (Å²) in [7, 11) is 1.89. The van der Waals surface area contributed by atoms with Crippen molar-refractivity contribution < 1.29 is 14.3 Å². The lowest BCUT2D eigenvalue weighted by Gasteiger charge is -2.28. The number of nitrogens with zero attached hydrogens (tertiary/aromatic N) is 2. The molecule has 0 aliphatic carbocycles. The summed E-state index contributed by atoms with van der Waals surface area (Å²) in [6, 6.07) is 8.92. The summed E-state index contributed by atoms with van der Waals surface area (Å²) in [4.78, 5) is 24.1. The number of nitrogens with two attached hydrogens (primary N) is 1. The molecular weight excluding hydrogens is 332 g/mol. The van der Waals surface area contributed by atoms with Crippen LogP contribution in [0.5, 0.6) is 0 Å². The number of unbranched alkanes of at least 4 members (excludes halogenated alkanes) is 1. The first-order valence-corrected chi connectivity index (χ1v) is 9.05. The van der Waals surface area contributed by atoms with E-state index < -0.39 is 17.7 Å². The zero-order valence-electron chi connectivity index (χ0n) is 16.1. The van der Waals surface area contributed by atoms with Gasteiger partial charge in [-0.25, -0.2) is 14.8 Å². The Hall–Kier alpha value is -2.12. The van der Waals surface area contributed by atoms with Gasteiger partial charge in [-0.15, -0.1) is 0 Å². The maximum atomic E-state index is 12.5. The zero-order chi connectivity index (χ0) is 19.3. The van der Waals surface area contributed by atoms with E-state index in [-0.39, 0.29) is 11.9 Å². The van der Waals surface area contributed by atoms with Crippen LogP contribution in [0.15, 0.2) is 30.3 Å². The third-order valence-electron chi connectivity index (χ3n) is 4.30. The number of ether oxygens (including phenoxy) is 1. The average Bonchev–Trinajstić information content (AvgIpc) is 2.77. The van der Waals surface area contributed by atoms with Gasteiger partial charge in [0.1, 0.15) is 11.6 Å². The fourth-order valence-corrected chi connectivity index (χ4v) is 3.07. The Morgan fingerprint density at radius 3 is 2.50 bits per heavy atom. The lowest BCUT2D eigenvalue weighted by atomic mass is 10.0. The Kier molecular flexibility index (Phi) is 6.61. The summed E-state index contributed by atoms with van der Waals surface area (Å²) < 4.78 is 5.20. The SMILES string of the molecule is CN1C(CCCCNC(=O)OC(C)(C)C)C(N)C(=O)N1c1ccccc1. The molecule has 7 heteroatoms. The third-order valence-corrected chi connectivity index (χ3v) is 4.30. The molecule has 0 saturated carbocycles. The minimum atomic E-state index is -0.543. The number of alkyl carbamates (subject to hydrolysis) is 1. The van der Waals surface area contributed by atoms with Crippen molar-refractivity contribution in [1.29, 1.82) is 0 Å². The van der Waals surface area contributed by atoms with Gasteiger partial charge in [0, 0.05) is 13.6 Å². The predicted octanol–water partition coefficient (Wildman–Crippen LogP) is 2.27. The van der Waals surface area contributed by atoms with Crippen molar-refractivity contribution in [3.8, 4) is 0 Å². The van der Waals surface area contributed by atoms with Gasteiger partial charge in [0.05, 0.1) is 11.7 Å². The molecule has 26 heavy (non-hydrogen) atoms. The summed E-state index contributed by atoms with van der Waals surface area (Å²) >= 11 is 0. The average molecular weight is 362 g/mol. The molecule has 2 amide bonds. The highest BCUT2D eigenvalue weighted by molar-refractivity contribution is 5.98. The number of rotatable bonds is 6. The topological polar surface area (TPSA) is 87.9 Å². The van der Waals surface area contributed by atoms with Crippen LogP contribution in [-0.2, 0) is 9.53 Å². The number of hydrogen-bond donors (Lipinski definition) is 2. The highest BCUT2D eigenvalue weighted by Crippen LogP contribution is 2.27. The molecule has 1 fully saturated rings. The summed E-state index contributed by atoms with van der Waals surface area (Å²) in [5.41, 5.74) is 6.48. The van der Waals surface area contributed by atoms with Gasteiger partial charge in [-0.2, -0.15) is 0 Å². The molecule has 0 spiro atoms. The number of hydrogen-bond acceptors (Lipinski definition) is 5.